The van der Waals surface area contributed by atoms with E-state index < -0.39 is 33.2 Å². The normalized spacial score (nSPS) is 11.6. The molecule has 9 heteroatoms. The molecular weight excluding hydrogens is 350 g/mol. The van der Waals surface area contributed by atoms with Gasteiger partial charge in [-0.05, 0) is 31.5 Å². The molecule has 1 N–H and O–H groups in total. The van der Waals surface area contributed by atoms with Crippen LogP contribution in [0.4, 0.5) is 11.4 Å². The van der Waals surface area contributed by atoms with Crippen molar-refractivity contribution in [2.45, 2.75) is 19.9 Å². The molecule has 25 heavy (non-hydrogen) atoms. The van der Waals surface area contributed by atoms with E-state index in [0.717, 1.165) is 17.7 Å². The molecule has 0 aliphatic carbocycles. The summed E-state index contributed by atoms with van der Waals surface area (Å²) in [6, 6.07) is 8.28. The number of hydrogen-bond donors (Lipinski definition) is 1. The Morgan fingerprint density at radius 3 is 2.40 bits per heavy atom. The zero-order valence-corrected chi connectivity index (χ0v) is 14.1. The molecule has 130 valence electrons. The summed E-state index contributed by atoms with van der Waals surface area (Å²) in [5, 5.41) is 25.2. The van der Waals surface area contributed by atoms with E-state index in [1.807, 2.05) is 0 Å². The Bertz CT molecular complexity index is 869. The van der Waals surface area contributed by atoms with Crippen molar-refractivity contribution >= 4 is 28.9 Å². The Kier molecular flexibility index (Phi) is 5.33. The lowest BCUT2D eigenvalue weighted by atomic mass is 10.0. The van der Waals surface area contributed by atoms with Crippen LogP contribution in [0.1, 0.15) is 34.5 Å². The molecule has 0 aliphatic heterocycles. The molecule has 1 unspecified atom stereocenters. The summed E-state index contributed by atoms with van der Waals surface area (Å²) in [5.74, 6) is -0.642. The monoisotopic (exact) mass is 363 g/mol. The van der Waals surface area contributed by atoms with Crippen molar-refractivity contribution < 1.29 is 14.6 Å². The van der Waals surface area contributed by atoms with E-state index >= 15 is 0 Å². The minimum atomic E-state index is -0.774. The molecule has 0 saturated heterocycles. The fourth-order valence-electron chi connectivity index (χ4n) is 2.35. The molecule has 2 rings (SSSR count). The summed E-state index contributed by atoms with van der Waals surface area (Å²) in [6.45, 7) is 3.09. The van der Waals surface area contributed by atoms with Gasteiger partial charge in [-0.3, -0.25) is 25.0 Å². The van der Waals surface area contributed by atoms with Gasteiger partial charge in [-0.15, -0.1) is 0 Å². The van der Waals surface area contributed by atoms with E-state index in [9.17, 15) is 25.0 Å². The molecule has 2 aromatic carbocycles. The van der Waals surface area contributed by atoms with Gasteiger partial charge in [0.05, 0.1) is 27.5 Å². The van der Waals surface area contributed by atoms with Gasteiger partial charge in [0.1, 0.15) is 0 Å². The van der Waals surface area contributed by atoms with Crippen molar-refractivity contribution in [3.8, 4) is 0 Å². The highest BCUT2D eigenvalue weighted by Crippen LogP contribution is 2.28. The SMILES string of the molecule is Cc1c(C(=O)NC(C)c2cccc(Cl)c2)cc([N+](=O)[O-])cc1[N+](=O)[O-]. The second kappa shape index (κ2) is 7.27. The highest BCUT2D eigenvalue weighted by molar-refractivity contribution is 6.30. The molecule has 2 aromatic rings. The average Bonchev–Trinajstić information content (AvgIpc) is 2.54. The van der Waals surface area contributed by atoms with Gasteiger partial charge in [-0.25, -0.2) is 0 Å². The van der Waals surface area contributed by atoms with Crippen molar-refractivity contribution in [3.05, 3.63) is 78.3 Å². The first-order valence-electron chi connectivity index (χ1n) is 7.20. The standard InChI is InChI=1S/C16H14ClN3O5/c1-9-14(7-13(19(22)23)8-15(9)20(24)25)16(21)18-10(2)11-4-3-5-12(17)6-11/h3-8,10H,1-2H3,(H,18,21). The smallest absolute Gasteiger partial charge is 0.279 e. The predicted molar refractivity (Wildman–Crippen MR) is 91.8 cm³/mol. The number of nitro benzene ring substituents is 2. The van der Waals surface area contributed by atoms with E-state index in [-0.39, 0.29) is 11.1 Å². The average molecular weight is 364 g/mol. The Morgan fingerprint density at radius 2 is 1.84 bits per heavy atom. The first-order valence-corrected chi connectivity index (χ1v) is 7.58. The van der Waals surface area contributed by atoms with Crippen molar-refractivity contribution in [1.82, 2.24) is 5.32 Å². The maximum atomic E-state index is 12.5. The van der Waals surface area contributed by atoms with E-state index in [4.69, 9.17) is 11.6 Å². The third kappa shape index (κ3) is 4.10. The quantitative estimate of drug-likeness (QED) is 0.637. The second-order valence-corrected chi connectivity index (χ2v) is 5.84. The molecule has 0 fully saturated rings. The summed E-state index contributed by atoms with van der Waals surface area (Å²) in [4.78, 5) is 33.0. The van der Waals surface area contributed by atoms with Crippen LogP contribution in [-0.2, 0) is 0 Å². The summed E-state index contributed by atoms with van der Waals surface area (Å²) in [5.41, 5.74) is -0.313. The van der Waals surface area contributed by atoms with Crippen molar-refractivity contribution in [3.63, 3.8) is 0 Å². The van der Waals surface area contributed by atoms with E-state index in [0.29, 0.717) is 5.02 Å². The first-order chi connectivity index (χ1) is 11.7. The third-order valence-corrected chi connectivity index (χ3v) is 3.95. The second-order valence-electron chi connectivity index (χ2n) is 5.40. The molecular formula is C16H14ClN3O5. The minimum absolute atomic E-state index is 0.0615. The Morgan fingerprint density at radius 1 is 1.16 bits per heavy atom. The van der Waals surface area contributed by atoms with Crippen LogP contribution < -0.4 is 5.32 Å². The highest BCUT2D eigenvalue weighted by Gasteiger charge is 2.25. The Balaban J connectivity index is 2.38. The van der Waals surface area contributed by atoms with Crippen molar-refractivity contribution in [2.75, 3.05) is 0 Å². The number of carbonyl (C=O) groups is 1. The number of rotatable bonds is 5. The minimum Gasteiger partial charge on any atom is -0.346 e. The number of amides is 1. The van der Waals surface area contributed by atoms with Crippen LogP contribution in [0.5, 0.6) is 0 Å². The van der Waals surface area contributed by atoms with Gasteiger partial charge in [0.2, 0.25) is 0 Å². The molecule has 0 saturated carbocycles. The van der Waals surface area contributed by atoms with Gasteiger partial charge in [0.15, 0.2) is 0 Å². The zero-order chi connectivity index (χ0) is 18.7. The van der Waals surface area contributed by atoms with Gasteiger partial charge in [0, 0.05) is 16.7 Å². The molecule has 0 radical (unpaired) electrons. The third-order valence-electron chi connectivity index (χ3n) is 3.71. The van der Waals surface area contributed by atoms with Gasteiger partial charge in [-0.1, -0.05) is 23.7 Å². The predicted octanol–water partition coefficient (Wildman–Crippen LogP) is 3.96. The number of hydrogen-bond acceptors (Lipinski definition) is 5. The summed E-state index contributed by atoms with van der Waals surface area (Å²) < 4.78 is 0. The maximum Gasteiger partial charge on any atom is 0.279 e. The fraction of sp³-hybridized carbons (Fsp3) is 0.188. The number of halogens is 1. The van der Waals surface area contributed by atoms with Crippen molar-refractivity contribution in [2.24, 2.45) is 0 Å². The first kappa shape index (κ1) is 18.3. The lowest BCUT2D eigenvalue weighted by molar-refractivity contribution is -0.394. The van der Waals surface area contributed by atoms with Crippen LogP contribution in [0.2, 0.25) is 5.02 Å². The van der Waals surface area contributed by atoms with Gasteiger partial charge in [0.25, 0.3) is 17.3 Å². The number of carbonyl (C=O) groups excluding carboxylic acids is 1. The number of benzene rings is 2. The van der Waals surface area contributed by atoms with Crippen LogP contribution >= 0.6 is 11.6 Å². The maximum absolute atomic E-state index is 12.5. The summed E-state index contributed by atoms with van der Waals surface area (Å²) in [6.07, 6.45) is 0. The van der Waals surface area contributed by atoms with Crippen LogP contribution in [0.15, 0.2) is 36.4 Å². The Labute approximate surface area is 147 Å². The lowest BCUT2D eigenvalue weighted by Crippen LogP contribution is -2.27. The van der Waals surface area contributed by atoms with Gasteiger partial charge in [-0.2, -0.15) is 0 Å². The number of non-ortho nitro benzene ring substituents is 1. The molecule has 1 amide bonds. The summed E-state index contributed by atoms with van der Waals surface area (Å²) >= 11 is 5.92. The largest absolute Gasteiger partial charge is 0.346 e. The zero-order valence-electron chi connectivity index (χ0n) is 13.4. The molecule has 8 nitrogen and oxygen atoms in total. The molecule has 1 atom stereocenters. The topological polar surface area (TPSA) is 115 Å². The lowest BCUT2D eigenvalue weighted by Gasteiger charge is -2.15. The van der Waals surface area contributed by atoms with Crippen molar-refractivity contribution in [1.29, 1.82) is 0 Å². The molecule has 0 bridgehead atoms. The van der Waals surface area contributed by atoms with E-state index in [1.165, 1.54) is 6.92 Å². The fourth-order valence-corrected chi connectivity index (χ4v) is 2.55. The molecule has 0 spiro atoms. The van der Waals surface area contributed by atoms with Crippen LogP contribution in [-0.4, -0.2) is 15.8 Å². The van der Waals surface area contributed by atoms with Crippen LogP contribution in [0.25, 0.3) is 0 Å². The molecule has 0 aliphatic rings. The van der Waals surface area contributed by atoms with Crippen LogP contribution in [0.3, 0.4) is 0 Å². The Hall–Kier alpha value is -3.00. The van der Waals surface area contributed by atoms with E-state index in [2.05, 4.69) is 5.32 Å². The highest BCUT2D eigenvalue weighted by atomic mass is 35.5. The number of nitrogens with one attached hydrogen (secondary N) is 1. The number of nitro groups is 2. The van der Waals surface area contributed by atoms with Gasteiger partial charge >= 0.3 is 0 Å². The van der Waals surface area contributed by atoms with Crippen LogP contribution in [0, 0.1) is 27.2 Å². The van der Waals surface area contributed by atoms with Gasteiger partial charge < -0.3 is 5.32 Å². The van der Waals surface area contributed by atoms with E-state index in [1.54, 1.807) is 31.2 Å². The number of nitrogens with zero attached hydrogens (tertiary/aromatic N) is 2. The molecule has 0 aromatic heterocycles. The summed E-state index contributed by atoms with van der Waals surface area (Å²) in [7, 11) is 0. The molecule has 0 heterocycles.